The van der Waals surface area contributed by atoms with Crippen LogP contribution < -0.4 is 16.0 Å². The molecule has 2 rings (SSSR count). The fourth-order valence-electron chi connectivity index (χ4n) is 2.76. The van der Waals surface area contributed by atoms with Gasteiger partial charge in [-0.25, -0.2) is 4.79 Å². The number of anilines is 2. The predicted molar refractivity (Wildman–Crippen MR) is 84.1 cm³/mol. The van der Waals surface area contributed by atoms with E-state index in [2.05, 4.69) is 29.8 Å². The van der Waals surface area contributed by atoms with Gasteiger partial charge in [0.25, 0.3) is 0 Å². The van der Waals surface area contributed by atoms with Crippen LogP contribution in [0.2, 0.25) is 0 Å². The zero-order valence-corrected chi connectivity index (χ0v) is 12.6. The molecule has 4 nitrogen and oxygen atoms in total. The van der Waals surface area contributed by atoms with Gasteiger partial charge < -0.3 is 16.0 Å². The maximum atomic E-state index is 11.2. The van der Waals surface area contributed by atoms with E-state index < -0.39 is 0 Å². The Hall–Kier alpha value is -1.71. The fourth-order valence-corrected chi connectivity index (χ4v) is 2.76. The lowest BCUT2D eigenvalue weighted by molar-refractivity contribution is 0.254. The number of carbonyl (C=O) groups is 1. The van der Waals surface area contributed by atoms with E-state index in [0.717, 1.165) is 23.2 Å². The van der Waals surface area contributed by atoms with Crippen LogP contribution in [0.1, 0.15) is 33.1 Å². The average Bonchev–Trinajstić information content (AvgIpc) is 2.45. The van der Waals surface area contributed by atoms with Crippen molar-refractivity contribution in [2.24, 2.45) is 11.8 Å². The van der Waals surface area contributed by atoms with E-state index in [4.69, 9.17) is 0 Å². The van der Waals surface area contributed by atoms with Gasteiger partial charge >= 0.3 is 6.03 Å². The van der Waals surface area contributed by atoms with Crippen molar-refractivity contribution in [1.29, 1.82) is 0 Å². The third kappa shape index (κ3) is 3.89. The zero-order chi connectivity index (χ0) is 14.5. The molecule has 0 radical (unpaired) electrons. The van der Waals surface area contributed by atoms with Gasteiger partial charge in [0, 0.05) is 24.5 Å². The van der Waals surface area contributed by atoms with Crippen molar-refractivity contribution in [2.75, 3.05) is 17.7 Å². The number of rotatable bonds is 3. The molecule has 1 fully saturated rings. The van der Waals surface area contributed by atoms with Crippen molar-refractivity contribution >= 4 is 17.4 Å². The molecule has 0 aliphatic heterocycles. The summed E-state index contributed by atoms with van der Waals surface area (Å²) in [5.41, 5.74) is 1.93. The maximum Gasteiger partial charge on any atom is 0.318 e. The molecule has 0 aromatic heterocycles. The Morgan fingerprint density at radius 3 is 2.30 bits per heavy atom. The number of hydrogen-bond donors (Lipinski definition) is 3. The average molecular weight is 275 g/mol. The van der Waals surface area contributed by atoms with Gasteiger partial charge in [-0.15, -0.1) is 0 Å². The molecule has 1 aliphatic carbocycles. The maximum absolute atomic E-state index is 11.2. The van der Waals surface area contributed by atoms with Crippen LogP contribution in [0.25, 0.3) is 0 Å². The second kappa shape index (κ2) is 6.64. The molecule has 20 heavy (non-hydrogen) atoms. The van der Waals surface area contributed by atoms with Gasteiger partial charge in [0.2, 0.25) is 0 Å². The SMILES string of the molecule is CNC(=O)Nc1ccc(NC2CCC(C)C(C)C2)cc1. The van der Waals surface area contributed by atoms with Gasteiger partial charge in [-0.2, -0.15) is 0 Å². The molecule has 3 N–H and O–H groups in total. The van der Waals surface area contributed by atoms with Crippen LogP contribution in [0.15, 0.2) is 24.3 Å². The molecule has 1 aromatic carbocycles. The van der Waals surface area contributed by atoms with Crippen LogP contribution in [0.4, 0.5) is 16.2 Å². The molecule has 3 atom stereocenters. The molecule has 4 heteroatoms. The van der Waals surface area contributed by atoms with E-state index in [1.54, 1.807) is 7.05 Å². The highest BCUT2D eigenvalue weighted by Gasteiger charge is 2.24. The standard InChI is InChI=1S/C16H25N3O/c1-11-4-5-15(10-12(11)2)18-13-6-8-14(9-7-13)19-16(20)17-3/h6-9,11-12,15,18H,4-5,10H2,1-3H3,(H2,17,19,20). The molecule has 0 spiro atoms. The first-order valence-electron chi connectivity index (χ1n) is 7.44. The summed E-state index contributed by atoms with van der Waals surface area (Å²) >= 11 is 0. The smallest absolute Gasteiger partial charge is 0.318 e. The summed E-state index contributed by atoms with van der Waals surface area (Å²) < 4.78 is 0. The Kier molecular flexibility index (Phi) is 4.88. The van der Waals surface area contributed by atoms with Crippen molar-refractivity contribution in [1.82, 2.24) is 5.32 Å². The lowest BCUT2D eigenvalue weighted by Crippen LogP contribution is -2.30. The van der Waals surface area contributed by atoms with Gasteiger partial charge in [0.15, 0.2) is 0 Å². The van der Waals surface area contributed by atoms with Crippen LogP contribution in [-0.2, 0) is 0 Å². The molecule has 1 aliphatic rings. The minimum absolute atomic E-state index is 0.194. The minimum Gasteiger partial charge on any atom is -0.382 e. The van der Waals surface area contributed by atoms with E-state index in [1.165, 1.54) is 19.3 Å². The van der Waals surface area contributed by atoms with Crippen molar-refractivity contribution in [3.05, 3.63) is 24.3 Å². The number of amides is 2. The van der Waals surface area contributed by atoms with E-state index in [9.17, 15) is 4.79 Å². The first-order valence-corrected chi connectivity index (χ1v) is 7.44. The number of benzene rings is 1. The van der Waals surface area contributed by atoms with Crippen LogP contribution in [0.3, 0.4) is 0 Å². The topological polar surface area (TPSA) is 53.2 Å². The van der Waals surface area contributed by atoms with Crippen LogP contribution >= 0.6 is 0 Å². The van der Waals surface area contributed by atoms with Crippen LogP contribution in [0.5, 0.6) is 0 Å². The van der Waals surface area contributed by atoms with Crippen LogP contribution in [0, 0.1) is 11.8 Å². The highest BCUT2D eigenvalue weighted by molar-refractivity contribution is 5.89. The van der Waals surface area contributed by atoms with Crippen molar-refractivity contribution in [2.45, 2.75) is 39.2 Å². The number of urea groups is 1. The largest absolute Gasteiger partial charge is 0.382 e. The first kappa shape index (κ1) is 14.7. The summed E-state index contributed by atoms with van der Waals surface area (Å²) in [5, 5.41) is 8.89. The molecule has 0 saturated heterocycles. The van der Waals surface area contributed by atoms with Crippen molar-refractivity contribution in [3.63, 3.8) is 0 Å². The Labute approximate surface area is 121 Å². The quantitative estimate of drug-likeness (QED) is 0.788. The highest BCUT2D eigenvalue weighted by Crippen LogP contribution is 2.31. The molecule has 1 aromatic rings. The Bertz CT molecular complexity index is 444. The number of carbonyl (C=O) groups excluding carboxylic acids is 1. The van der Waals surface area contributed by atoms with Gasteiger partial charge in [-0.3, -0.25) is 0 Å². The monoisotopic (exact) mass is 275 g/mol. The summed E-state index contributed by atoms with van der Waals surface area (Å²) in [6.07, 6.45) is 3.78. The molecule has 0 bridgehead atoms. The van der Waals surface area contributed by atoms with Crippen molar-refractivity contribution in [3.8, 4) is 0 Å². The van der Waals surface area contributed by atoms with E-state index in [0.29, 0.717) is 6.04 Å². The Morgan fingerprint density at radius 1 is 1.05 bits per heavy atom. The molecule has 110 valence electrons. The van der Waals surface area contributed by atoms with E-state index >= 15 is 0 Å². The second-order valence-electron chi connectivity index (χ2n) is 5.89. The molecule has 1 saturated carbocycles. The second-order valence-corrected chi connectivity index (χ2v) is 5.89. The number of hydrogen-bond acceptors (Lipinski definition) is 2. The summed E-state index contributed by atoms with van der Waals surface area (Å²) in [6, 6.07) is 8.26. The summed E-state index contributed by atoms with van der Waals surface area (Å²) in [5.74, 6) is 1.63. The minimum atomic E-state index is -0.194. The summed E-state index contributed by atoms with van der Waals surface area (Å²) in [7, 11) is 1.61. The molecule has 2 amide bonds. The van der Waals surface area contributed by atoms with Gasteiger partial charge in [-0.05, 0) is 55.4 Å². The Balaban J connectivity index is 1.89. The van der Waals surface area contributed by atoms with Gasteiger partial charge in [0.1, 0.15) is 0 Å². The highest BCUT2D eigenvalue weighted by atomic mass is 16.2. The predicted octanol–water partition coefficient (Wildman–Crippen LogP) is 3.67. The fraction of sp³-hybridized carbons (Fsp3) is 0.562. The summed E-state index contributed by atoms with van der Waals surface area (Å²) in [6.45, 7) is 4.69. The molecular formula is C16H25N3O. The molecular weight excluding hydrogens is 250 g/mol. The Morgan fingerprint density at radius 2 is 1.70 bits per heavy atom. The summed E-state index contributed by atoms with van der Waals surface area (Å²) in [4.78, 5) is 11.2. The third-order valence-electron chi connectivity index (χ3n) is 4.34. The lowest BCUT2D eigenvalue weighted by atomic mass is 9.79. The van der Waals surface area contributed by atoms with Crippen LogP contribution in [-0.4, -0.2) is 19.1 Å². The first-order chi connectivity index (χ1) is 9.58. The van der Waals surface area contributed by atoms with Gasteiger partial charge in [-0.1, -0.05) is 13.8 Å². The molecule has 3 unspecified atom stereocenters. The lowest BCUT2D eigenvalue weighted by Gasteiger charge is -2.33. The number of nitrogens with one attached hydrogen (secondary N) is 3. The third-order valence-corrected chi connectivity index (χ3v) is 4.34. The normalized spacial score (nSPS) is 25.9. The molecule has 0 heterocycles. The van der Waals surface area contributed by atoms with Gasteiger partial charge in [0.05, 0.1) is 0 Å². The zero-order valence-electron chi connectivity index (χ0n) is 12.6. The van der Waals surface area contributed by atoms with E-state index in [1.807, 2.05) is 24.3 Å². The van der Waals surface area contributed by atoms with Crippen molar-refractivity contribution < 1.29 is 4.79 Å². The van der Waals surface area contributed by atoms with E-state index in [-0.39, 0.29) is 6.03 Å².